The maximum absolute atomic E-state index is 9.48. The fraction of sp³-hybridized carbons (Fsp3) is 0.571. The average molecular weight is 313 g/mol. The molecular weight excluding hydrogens is 292 g/mol. The van der Waals surface area contributed by atoms with Crippen LogP contribution < -0.4 is 4.90 Å². The van der Waals surface area contributed by atoms with Crippen LogP contribution in [0.4, 0.5) is 5.69 Å². The Morgan fingerprint density at radius 1 is 1.39 bits per heavy atom. The highest BCUT2D eigenvalue weighted by Crippen LogP contribution is 2.27. The van der Waals surface area contributed by atoms with Crippen molar-refractivity contribution in [3.05, 3.63) is 28.2 Å². The van der Waals surface area contributed by atoms with E-state index in [1.165, 1.54) is 12.8 Å². The molecule has 2 rings (SSSR count). The normalized spacial score (nSPS) is 18.0. The molecule has 3 nitrogen and oxygen atoms in total. The van der Waals surface area contributed by atoms with E-state index in [-0.39, 0.29) is 6.61 Å². The van der Waals surface area contributed by atoms with E-state index < -0.39 is 0 Å². The minimum atomic E-state index is 0.0890. The number of aliphatic hydroxyl groups excluding tert-OH is 1. The van der Waals surface area contributed by atoms with Crippen LogP contribution in [0.25, 0.3) is 0 Å². The monoisotopic (exact) mass is 312 g/mol. The highest BCUT2D eigenvalue weighted by molar-refractivity contribution is 9.10. The van der Waals surface area contributed by atoms with E-state index in [1.807, 2.05) is 12.1 Å². The van der Waals surface area contributed by atoms with Gasteiger partial charge in [0.2, 0.25) is 0 Å². The second-order valence-electron chi connectivity index (χ2n) is 5.08. The standard InChI is InChI=1S/C14H21BrN2O/c1-16-7-5-13(6-8-16)17(2)14-4-3-12(15)9-11(14)10-18/h3-4,9,13,18H,5-8,10H2,1-2H3. The summed E-state index contributed by atoms with van der Waals surface area (Å²) in [5, 5.41) is 9.48. The van der Waals surface area contributed by atoms with Crippen molar-refractivity contribution in [2.45, 2.75) is 25.5 Å². The number of likely N-dealkylation sites (tertiary alicyclic amines) is 1. The summed E-state index contributed by atoms with van der Waals surface area (Å²) in [5.74, 6) is 0. The van der Waals surface area contributed by atoms with Crippen molar-refractivity contribution in [2.75, 3.05) is 32.1 Å². The number of rotatable bonds is 3. The maximum atomic E-state index is 9.48. The quantitative estimate of drug-likeness (QED) is 0.929. The van der Waals surface area contributed by atoms with Crippen molar-refractivity contribution in [2.24, 2.45) is 0 Å². The van der Waals surface area contributed by atoms with Crippen molar-refractivity contribution in [1.82, 2.24) is 4.90 Å². The Morgan fingerprint density at radius 2 is 2.06 bits per heavy atom. The molecule has 0 atom stereocenters. The summed E-state index contributed by atoms with van der Waals surface area (Å²) < 4.78 is 1.02. The lowest BCUT2D eigenvalue weighted by Gasteiger charge is -2.37. The molecule has 100 valence electrons. The summed E-state index contributed by atoms with van der Waals surface area (Å²) >= 11 is 3.45. The predicted molar refractivity (Wildman–Crippen MR) is 79.0 cm³/mol. The third-order valence-electron chi connectivity index (χ3n) is 3.83. The first-order valence-corrected chi connectivity index (χ1v) is 7.21. The van der Waals surface area contributed by atoms with E-state index in [9.17, 15) is 5.11 Å². The maximum Gasteiger partial charge on any atom is 0.0702 e. The summed E-state index contributed by atoms with van der Waals surface area (Å²) in [4.78, 5) is 4.70. The zero-order valence-electron chi connectivity index (χ0n) is 11.1. The van der Waals surface area contributed by atoms with Crippen LogP contribution in [0.15, 0.2) is 22.7 Å². The van der Waals surface area contributed by atoms with Gasteiger partial charge in [0.15, 0.2) is 0 Å². The van der Waals surface area contributed by atoms with E-state index in [2.05, 4.69) is 45.9 Å². The van der Waals surface area contributed by atoms with E-state index >= 15 is 0 Å². The Labute approximate surface area is 118 Å². The van der Waals surface area contributed by atoms with Gasteiger partial charge in [0.05, 0.1) is 6.61 Å². The molecule has 0 saturated carbocycles. The van der Waals surface area contributed by atoms with Gasteiger partial charge in [0.25, 0.3) is 0 Å². The van der Waals surface area contributed by atoms with Crippen molar-refractivity contribution >= 4 is 21.6 Å². The number of anilines is 1. The number of piperidine rings is 1. The van der Waals surface area contributed by atoms with Crippen molar-refractivity contribution in [1.29, 1.82) is 0 Å². The molecule has 1 N–H and O–H groups in total. The number of hydrogen-bond acceptors (Lipinski definition) is 3. The topological polar surface area (TPSA) is 26.7 Å². The van der Waals surface area contributed by atoms with Gasteiger partial charge in [-0.3, -0.25) is 0 Å². The molecular formula is C14H21BrN2O. The second-order valence-corrected chi connectivity index (χ2v) is 5.99. The largest absolute Gasteiger partial charge is 0.392 e. The van der Waals surface area contributed by atoms with E-state index in [4.69, 9.17) is 0 Å². The van der Waals surface area contributed by atoms with Gasteiger partial charge in [0, 0.05) is 28.8 Å². The fourth-order valence-corrected chi connectivity index (χ4v) is 3.01. The molecule has 0 bridgehead atoms. The molecule has 0 unspecified atom stereocenters. The van der Waals surface area contributed by atoms with Gasteiger partial charge in [-0.2, -0.15) is 0 Å². The summed E-state index contributed by atoms with van der Waals surface area (Å²) in [6.45, 7) is 2.39. The molecule has 0 aromatic heterocycles. The number of nitrogens with zero attached hydrogens (tertiary/aromatic N) is 2. The van der Waals surface area contributed by atoms with Gasteiger partial charge in [-0.25, -0.2) is 0 Å². The van der Waals surface area contributed by atoms with Crippen LogP contribution in [0.5, 0.6) is 0 Å². The number of aliphatic hydroxyl groups is 1. The minimum Gasteiger partial charge on any atom is -0.392 e. The predicted octanol–water partition coefficient (Wildman–Crippen LogP) is 2.47. The summed E-state index contributed by atoms with van der Waals surface area (Å²) in [7, 11) is 4.31. The minimum absolute atomic E-state index is 0.0890. The summed E-state index contributed by atoms with van der Waals surface area (Å²) in [6, 6.07) is 6.71. The number of halogens is 1. The molecule has 0 radical (unpaired) electrons. The molecule has 18 heavy (non-hydrogen) atoms. The first kappa shape index (κ1) is 13.8. The molecule has 4 heteroatoms. The molecule has 1 saturated heterocycles. The summed E-state index contributed by atoms with van der Waals surface area (Å²) in [6.07, 6.45) is 2.38. The summed E-state index contributed by atoms with van der Waals surface area (Å²) in [5.41, 5.74) is 2.14. The Morgan fingerprint density at radius 3 is 2.67 bits per heavy atom. The van der Waals surface area contributed by atoms with Gasteiger partial charge >= 0.3 is 0 Å². The fourth-order valence-electron chi connectivity index (χ4n) is 2.60. The molecule has 0 aliphatic carbocycles. The third-order valence-corrected chi connectivity index (χ3v) is 4.32. The first-order valence-electron chi connectivity index (χ1n) is 6.42. The van der Waals surface area contributed by atoms with Crippen LogP contribution in [0, 0.1) is 0 Å². The zero-order valence-corrected chi connectivity index (χ0v) is 12.7. The van der Waals surface area contributed by atoms with Gasteiger partial charge in [-0.05, 0) is 51.2 Å². The molecule has 1 heterocycles. The number of hydrogen-bond donors (Lipinski definition) is 1. The zero-order chi connectivity index (χ0) is 13.1. The Hall–Kier alpha value is -0.580. The molecule has 0 amide bonds. The van der Waals surface area contributed by atoms with Crippen LogP contribution in [0.1, 0.15) is 18.4 Å². The smallest absolute Gasteiger partial charge is 0.0702 e. The SMILES string of the molecule is CN1CCC(N(C)c2ccc(Br)cc2CO)CC1. The van der Waals surface area contributed by atoms with Gasteiger partial charge in [0.1, 0.15) is 0 Å². The van der Waals surface area contributed by atoms with E-state index in [0.717, 1.165) is 28.8 Å². The van der Waals surface area contributed by atoms with Crippen LogP contribution in [0.3, 0.4) is 0 Å². The van der Waals surface area contributed by atoms with Crippen molar-refractivity contribution in [3.63, 3.8) is 0 Å². The number of benzene rings is 1. The first-order chi connectivity index (χ1) is 8.61. The molecule has 1 aliphatic rings. The molecule has 1 fully saturated rings. The van der Waals surface area contributed by atoms with E-state index in [0.29, 0.717) is 6.04 Å². The highest BCUT2D eigenvalue weighted by atomic mass is 79.9. The lowest BCUT2D eigenvalue weighted by molar-refractivity contribution is 0.251. The van der Waals surface area contributed by atoms with Crippen molar-refractivity contribution in [3.8, 4) is 0 Å². The second kappa shape index (κ2) is 6.04. The van der Waals surface area contributed by atoms with Crippen LogP contribution in [-0.4, -0.2) is 43.2 Å². The van der Waals surface area contributed by atoms with Crippen molar-refractivity contribution < 1.29 is 5.11 Å². The van der Waals surface area contributed by atoms with E-state index in [1.54, 1.807) is 0 Å². The van der Waals surface area contributed by atoms with Gasteiger partial charge < -0.3 is 14.9 Å². The average Bonchev–Trinajstić information content (AvgIpc) is 2.38. The highest BCUT2D eigenvalue weighted by Gasteiger charge is 2.22. The third kappa shape index (κ3) is 3.05. The molecule has 0 spiro atoms. The van der Waals surface area contributed by atoms with Gasteiger partial charge in [-0.1, -0.05) is 15.9 Å². The Balaban J connectivity index is 2.15. The lowest BCUT2D eigenvalue weighted by atomic mass is 10.0. The molecule has 1 aromatic rings. The Kier molecular flexibility index (Phi) is 4.65. The van der Waals surface area contributed by atoms with Crippen LogP contribution in [-0.2, 0) is 6.61 Å². The van der Waals surface area contributed by atoms with Crippen LogP contribution in [0.2, 0.25) is 0 Å². The molecule has 1 aromatic carbocycles. The van der Waals surface area contributed by atoms with Crippen LogP contribution >= 0.6 is 15.9 Å². The lowest BCUT2D eigenvalue weighted by Crippen LogP contribution is -2.42. The Bertz CT molecular complexity index is 403. The van der Waals surface area contributed by atoms with Gasteiger partial charge in [-0.15, -0.1) is 0 Å². The molecule has 1 aliphatic heterocycles.